The van der Waals surface area contributed by atoms with Crippen LogP contribution in [0.25, 0.3) is 0 Å². The Morgan fingerprint density at radius 3 is 2.47 bits per heavy atom. The third-order valence-electron chi connectivity index (χ3n) is 2.65. The van der Waals surface area contributed by atoms with Crippen LogP contribution in [-0.2, 0) is 6.42 Å². The minimum absolute atomic E-state index is 0.130. The Labute approximate surface area is 110 Å². The third-order valence-corrected chi connectivity index (χ3v) is 3.59. The first-order valence-corrected chi connectivity index (χ1v) is 6.21. The molecule has 5 heteroatoms. The van der Waals surface area contributed by atoms with E-state index in [2.05, 4.69) is 15.9 Å². The van der Waals surface area contributed by atoms with Crippen LogP contribution in [0.15, 0.2) is 10.5 Å². The number of aryl methyl sites for hydroxylation is 1. The molecule has 0 aliphatic rings. The van der Waals surface area contributed by atoms with Crippen LogP contribution in [0.5, 0.6) is 11.5 Å². The molecule has 0 aromatic heterocycles. The molecule has 96 valence electrons. The fourth-order valence-corrected chi connectivity index (χ4v) is 2.57. The van der Waals surface area contributed by atoms with E-state index < -0.39 is 6.10 Å². The summed E-state index contributed by atoms with van der Waals surface area (Å²) >= 11 is 3.49. The number of aliphatic hydroxyl groups is 1. The Morgan fingerprint density at radius 2 is 2.06 bits per heavy atom. The van der Waals surface area contributed by atoms with Crippen molar-refractivity contribution in [1.82, 2.24) is 0 Å². The maximum absolute atomic E-state index is 9.97. The summed E-state index contributed by atoms with van der Waals surface area (Å²) in [6.07, 6.45) is 0.0466. The van der Waals surface area contributed by atoms with E-state index in [1.165, 1.54) is 0 Å². The Kier molecular flexibility index (Phi) is 5.24. The van der Waals surface area contributed by atoms with Crippen molar-refractivity contribution in [1.29, 1.82) is 0 Å². The molecule has 0 aliphatic carbocycles. The van der Waals surface area contributed by atoms with Crippen LogP contribution in [0.4, 0.5) is 0 Å². The highest BCUT2D eigenvalue weighted by molar-refractivity contribution is 9.10. The summed E-state index contributed by atoms with van der Waals surface area (Å²) in [6, 6.07) is 1.90. The number of methoxy groups -OCH3 is 2. The maximum atomic E-state index is 9.97. The van der Waals surface area contributed by atoms with E-state index in [9.17, 15) is 5.11 Å². The topological polar surface area (TPSA) is 64.7 Å². The lowest BCUT2D eigenvalue weighted by atomic mass is 10.0. The number of rotatable bonds is 5. The monoisotopic (exact) mass is 303 g/mol. The standard InChI is InChI=1S/C12H18BrNO3/c1-4-7-5-9(16-2)12(17-3)10(11(7)13)8(15)6-14/h5,8,15H,4,6,14H2,1-3H3. The molecule has 4 nitrogen and oxygen atoms in total. The van der Waals surface area contributed by atoms with Gasteiger partial charge in [0.15, 0.2) is 11.5 Å². The molecule has 0 radical (unpaired) electrons. The Morgan fingerprint density at radius 1 is 1.41 bits per heavy atom. The van der Waals surface area contributed by atoms with Crippen molar-refractivity contribution in [2.45, 2.75) is 19.4 Å². The summed E-state index contributed by atoms with van der Waals surface area (Å²) in [6.45, 7) is 2.16. The molecule has 3 N–H and O–H groups in total. The van der Waals surface area contributed by atoms with Gasteiger partial charge in [-0.05, 0) is 34.0 Å². The molecule has 1 aromatic rings. The first-order valence-electron chi connectivity index (χ1n) is 5.42. The predicted molar refractivity (Wildman–Crippen MR) is 70.6 cm³/mol. The fourth-order valence-electron chi connectivity index (χ4n) is 1.73. The van der Waals surface area contributed by atoms with Gasteiger partial charge in [0.05, 0.1) is 20.3 Å². The van der Waals surface area contributed by atoms with Crippen LogP contribution >= 0.6 is 15.9 Å². The molecule has 1 rings (SSSR count). The summed E-state index contributed by atoms with van der Waals surface area (Å²) < 4.78 is 11.4. The molecule has 0 heterocycles. The van der Waals surface area contributed by atoms with Gasteiger partial charge in [0.25, 0.3) is 0 Å². The van der Waals surface area contributed by atoms with Gasteiger partial charge >= 0.3 is 0 Å². The molecular formula is C12H18BrNO3. The Hall–Kier alpha value is -0.780. The minimum atomic E-state index is -0.778. The Bertz CT molecular complexity index is 396. The molecule has 0 bridgehead atoms. The minimum Gasteiger partial charge on any atom is -0.493 e. The van der Waals surface area contributed by atoms with Crippen molar-refractivity contribution < 1.29 is 14.6 Å². The van der Waals surface area contributed by atoms with Crippen molar-refractivity contribution in [3.8, 4) is 11.5 Å². The molecule has 1 aromatic carbocycles. The van der Waals surface area contributed by atoms with Crippen LogP contribution < -0.4 is 15.2 Å². The summed E-state index contributed by atoms with van der Waals surface area (Å²) in [5.41, 5.74) is 7.20. The predicted octanol–water partition coefficient (Wildman–Crippen LogP) is 2.02. The van der Waals surface area contributed by atoms with E-state index in [1.807, 2.05) is 13.0 Å². The van der Waals surface area contributed by atoms with Crippen LogP contribution in [0, 0.1) is 0 Å². The van der Waals surface area contributed by atoms with Crippen molar-refractivity contribution in [3.05, 3.63) is 21.7 Å². The van der Waals surface area contributed by atoms with Crippen molar-refractivity contribution in [2.75, 3.05) is 20.8 Å². The van der Waals surface area contributed by atoms with Crippen molar-refractivity contribution >= 4 is 15.9 Å². The normalized spacial score (nSPS) is 12.4. The molecular weight excluding hydrogens is 286 g/mol. The van der Waals surface area contributed by atoms with Crippen molar-refractivity contribution in [3.63, 3.8) is 0 Å². The fraction of sp³-hybridized carbons (Fsp3) is 0.500. The van der Waals surface area contributed by atoms with E-state index in [4.69, 9.17) is 15.2 Å². The van der Waals surface area contributed by atoms with Crippen LogP contribution in [0.1, 0.15) is 24.2 Å². The van der Waals surface area contributed by atoms with Gasteiger partial charge in [-0.1, -0.05) is 6.92 Å². The van der Waals surface area contributed by atoms with E-state index in [1.54, 1.807) is 14.2 Å². The molecule has 0 spiro atoms. The number of hydrogen-bond donors (Lipinski definition) is 2. The molecule has 0 saturated carbocycles. The summed E-state index contributed by atoms with van der Waals surface area (Å²) in [5, 5.41) is 9.97. The van der Waals surface area contributed by atoms with Crippen LogP contribution in [-0.4, -0.2) is 25.9 Å². The molecule has 17 heavy (non-hydrogen) atoms. The summed E-state index contributed by atoms with van der Waals surface area (Å²) in [4.78, 5) is 0. The van der Waals surface area contributed by atoms with Gasteiger partial charge in [-0.2, -0.15) is 0 Å². The number of aliphatic hydroxyl groups excluding tert-OH is 1. The second-order valence-corrected chi connectivity index (χ2v) is 4.40. The molecule has 0 amide bonds. The van der Waals surface area contributed by atoms with Gasteiger partial charge in [0.1, 0.15) is 0 Å². The molecule has 0 aliphatic heterocycles. The third kappa shape index (κ3) is 2.73. The van der Waals surface area contributed by atoms with Crippen molar-refractivity contribution in [2.24, 2.45) is 5.73 Å². The Balaban J connectivity index is 3.49. The molecule has 0 fully saturated rings. The first-order chi connectivity index (χ1) is 8.10. The lowest BCUT2D eigenvalue weighted by Crippen LogP contribution is -2.14. The zero-order chi connectivity index (χ0) is 13.0. The zero-order valence-corrected chi connectivity index (χ0v) is 11.9. The largest absolute Gasteiger partial charge is 0.493 e. The smallest absolute Gasteiger partial charge is 0.167 e. The SMILES string of the molecule is CCc1cc(OC)c(OC)c(C(O)CN)c1Br. The highest BCUT2D eigenvalue weighted by Crippen LogP contribution is 2.42. The first kappa shape index (κ1) is 14.3. The number of ether oxygens (including phenoxy) is 2. The van der Waals surface area contributed by atoms with Gasteiger partial charge in [-0.15, -0.1) is 0 Å². The second-order valence-electron chi connectivity index (χ2n) is 3.60. The van der Waals surface area contributed by atoms with Gasteiger partial charge in [-0.25, -0.2) is 0 Å². The summed E-state index contributed by atoms with van der Waals surface area (Å²) in [5.74, 6) is 1.13. The lowest BCUT2D eigenvalue weighted by molar-refractivity contribution is 0.180. The van der Waals surface area contributed by atoms with E-state index in [-0.39, 0.29) is 6.54 Å². The lowest BCUT2D eigenvalue weighted by Gasteiger charge is -2.20. The van der Waals surface area contributed by atoms with Gasteiger partial charge in [0.2, 0.25) is 0 Å². The molecule has 0 saturated heterocycles. The van der Waals surface area contributed by atoms with Crippen LogP contribution in [0.2, 0.25) is 0 Å². The average Bonchev–Trinajstić information content (AvgIpc) is 2.36. The number of benzene rings is 1. The van der Waals surface area contributed by atoms with Crippen LogP contribution in [0.3, 0.4) is 0 Å². The van der Waals surface area contributed by atoms with Gasteiger partial charge < -0.3 is 20.3 Å². The van der Waals surface area contributed by atoms with E-state index in [0.717, 1.165) is 16.5 Å². The second kappa shape index (κ2) is 6.23. The quantitative estimate of drug-likeness (QED) is 0.873. The molecule has 1 atom stereocenters. The number of nitrogens with two attached hydrogens (primary N) is 1. The molecule has 1 unspecified atom stereocenters. The number of hydrogen-bond acceptors (Lipinski definition) is 4. The highest BCUT2D eigenvalue weighted by Gasteiger charge is 2.22. The zero-order valence-electron chi connectivity index (χ0n) is 10.3. The average molecular weight is 304 g/mol. The highest BCUT2D eigenvalue weighted by atomic mass is 79.9. The van der Waals surface area contributed by atoms with Gasteiger partial charge in [0, 0.05) is 16.6 Å². The number of halogens is 1. The summed E-state index contributed by atoms with van der Waals surface area (Å²) in [7, 11) is 3.12. The van der Waals surface area contributed by atoms with Gasteiger partial charge in [-0.3, -0.25) is 0 Å². The van der Waals surface area contributed by atoms with E-state index in [0.29, 0.717) is 17.1 Å². The maximum Gasteiger partial charge on any atom is 0.167 e. The van der Waals surface area contributed by atoms with E-state index >= 15 is 0 Å².